The predicted molar refractivity (Wildman–Crippen MR) is 61.9 cm³/mol. The van der Waals surface area contributed by atoms with Crippen LogP contribution in [0.15, 0.2) is 0 Å². The van der Waals surface area contributed by atoms with Crippen LogP contribution in [0.1, 0.15) is 46.0 Å². The maximum absolute atomic E-state index is 11.4. The summed E-state index contributed by atoms with van der Waals surface area (Å²) in [6, 6.07) is 0. The van der Waals surface area contributed by atoms with Gasteiger partial charge in [0.05, 0.1) is 0 Å². The lowest BCUT2D eigenvalue weighted by molar-refractivity contribution is -0.173. The van der Waals surface area contributed by atoms with Gasteiger partial charge in [-0.3, -0.25) is 9.59 Å². The first-order valence-corrected chi connectivity index (χ1v) is 6.72. The van der Waals surface area contributed by atoms with Crippen molar-refractivity contribution in [3.8, 4) is 0 Å². The van der Waals surface area contributed by atoms with Gasteiger partial charge in [-0.25, -0.2) is 0 Å². The van der Waals surface area contributed by atoms with Crippen molar-refractivity contribution < 1.29 is 14.3 Å². The van der Waals surface area contributed by atoms with E-state index in [1.807, 2.05) is 0 Å². The van der Waals surface area contributed by atoms with Crippen LogP contribution in [0.25, 0.3) is 0 Å². The highest BCUT2D eigenvalue weighted by molar-refractivity contribution is 5.88. The Labute approximate surface area is 102 Å². The summed E-state index contributed by atoms with van der Waals surface area (Å²) in [6.45, 7) is 4.70. The molecule has 2 bridgehead atoms. The van der Waals surface area contributed by atoms with Gasteiger partial charge in [-0.05, 0) is 48.3 Å². The van der Waals surface area contributed by atoms with E-state index in [1.165, 1.54) is 19.3 Å². The highest BCUT2D eigenvalue weighted by Gasteiger charge is 2.56. The second-order valence-electron chi connectivity index (χ2n) is 6.62. The summed E-state index contributed by atoms with van der Waals surface area (Å²) in [4.78, 5) is 22.7. The lowest BCUT2D eigenvalue weighted by atomic mass is 9.44. The van der Waals surface area contributed by atoms with E-state index in [9.17, 15) is 9.59 Å². The van der Waals surface area contributed by atoms with Gasteiger partial charge in [0.15, 0.2) is 0 Å². The van der Waals surface area contributed by atoms with Gasteiger partial charge in [0.2, 0.25) is 0 Å². The first-order chi connectivity index (χ1) is 7.98. The third-order valence-corrected chi connectivity index (χ3v) is 5.60. The van der Waals surface area contributed by atoms with Gasteiger partial charge in [0, 0.05) is 12.8 Å². The van der Waals surface area contributed by atoms with Gasteiger partial charge in [-0.2, -0.15) is 0 Å². The number of carbonyl (C=O) groups excluding carboxylic acids is 2. The SMILES string of the molecule is CC1(C)C2CCC(C3CC(=O)OC(=O)C3)C1C2. The van der Waals surface area contributed by atoms with Crippen LogP contribution in [-0.4, -0.2) is 11.9 Å². The third-order valence-electron chi connectivity index (χ3n) is 5.60. The van der Waals surface area contributed by atoms with Gasteiger partial charge in [-0.15, -0.1) is 0 Å². The van der Waals surface area contributed by atoms with E-state index in [0.717, 1.165) is 5.92 Å². The maximum Gasteiger partial charge on any atom is 0.313 e. The van der Waals surface area contributed by atoms with Gasteiger partial charge in [-0.1, -0.05) is 13.8 Å². The monoisotopic (exact) mass is 236 g/mol. The summed E-state index contributed by atoms with van der Waals surface area (Å²) >= 11 is 0. The molecule has 1 heterocycles. The van der Waals surface area contributed by atoms with Crippen LogP contribution in [-0.2, 0) is 14.3 Å². The van der Waals surface area contributed by atoms with Crippen molar-refractivity contribution in [3.05, 3.63) is 0 Å². The van der Waals surface area contributed by atoms with Gasteiger partial charge < -0.3 is 4.74 Å². The van der Waals surface area contributed by atoms with E-state index >= 15 is 0 Å². The fraction of sp³-hybridized carbons (Fsp3) is 0.857. The first kappa shape index (κ1) is 11.2. The van der Waals surface area contributed by atoms with Crippen LogP contribution in [0.4, 0.5) is 0 Å². The summed E-state index contributed by atoms with van der Waals surface area (Å²) in [5.74, 6) is 1.76. The molecule has 0 aromatic heterocycles. The molecule has 3 saturated carbocycles. The minimum absolute atomic E-state index is 0.245. The van der Waals surface area contributed by atoms with Crippen molar-refractivity contribution in [1.29, 1.82) is 0 Å². The highest BCUT2D eigenvalue weighted by Crippen LogP contribution is 2.63. The Morgan fingerprint density at radius 1 is 1.12 bits per heavy atom. The normalized spacial score (nSPS) is 40.7. The molecule has 0 radical (unpaired) electrons. The van der Waals surface area contributed by atoms with Crippen molar-refractivity contribution in [3.63, 3.8) is 0 Å². The second-order valence-corrected chi connectivity index (χ2v) is 6.62. The zero-order valence-electron chi connectivity index (χ0n) is 10.6. The Morgan fingerprint density at radius 2 is 1.76 bits per heavy atom. The van der Waals surface area contributed by atoms with Crippen molar-refractivity contribution in [2.45, 2.75) is 46.0 Å². The highest BCUT2D eigenvalue weighted by atomic mass is 16.6. The van der Waals surface area contributed by atoms with E-state index < -0.39 is 0 Å². The number of hydrogen-bond donors (Lipinski definition) is 0. The average Bonchev–Trinajstić information content (AvgIpc) is 2.27. The molecule has 0 spiro atoms. The molecule has 3 aliphatic carbocycles. The third kappa shape index (κ3) is 1.62. The molecule has 0 N–H and O–H groups in total. The molecular formula is C14H20O3. The van der Waals surface area contributed by atoms with Crippen LogP contribution in [0.2, 0.25) is 0 Å². The average molecular weight is 236 g/mol. The Hall–Kier alpha value is -0.860. The maximum atomic E-state index is 11.4. The Morgan fingerprint density at radius 3 is 2.29 bits per heavy atom. The molecule has 1 saturated heterocycles. The minimum atomic E-state index is -0.314. The van der Waals surface area contributed by atoms with E-state index in [-0.39, 0.29) is 17.9 Å². The van der Waals surface area contributed by atoms with Crippen molar-refractivity contribution >= 4 is 11.9 Å². The number of ether oxygens (including phenoxy) is 1. The van der Waals surface area contributed by atoms with Crippen LogP contribution in [0.3, 0.4) is 0 Å². The van der Waals surface area contributed by atoms with E-state index in [1.54, 1.807) is 0 Å². The molecule has 3 heteroatoms. The zero-order valence-corrected chi connectivity index (χ0v) is 10.6. The Bertz CT molecular complexity index is 354. The van der Waals surface area contributed by atoms with Crippen LogP contribution < -0.4 is 0 Å². The standard InChI is InChI=1S/C14H20O3/c1-14(2)9-3-4-10(11(14)7-9)8-5-12(15)17-13(16)6-8/h8-11H,3-7H2,1-2H3. The lowest BCUT2D eigenvalue weighted by Gasteiger charge is -2.61. The molecule has 1 aliphatic heterocycles. The fourth-order valence-electron chi connectivity index (χ4n) is 4.45. The number of cyclic esters (lactones) is 2. The van der Waals surface area contributed by atoms with Crippen LogP contribution in [0.5, 0.6) is 0 Å². The van der Waals surface area contributed by atoms with Crippen molar-refractivity contribution in [2.75, 3.05) is 0 Å². The summed E-state index contributed by atoms with van der Waals surface area (Å²) in [6.07, 6.45) is 4.68. The molecule has 0 aromatic carbocycles. The molecule has 3 nitrogen and oxygen atoms in total. The van der Waals surface area contributed by atoms with Gasteiger partial charge >= 0.3 is 11.9 Å². The van der Waals surface area contributed by atoms with E-state index in [4.69, 9.17) is 0 Å². The number of carbonyl (C=O) groups is 2. The molecular weight excluding hydrogens is 216 g/mol. The summed E-state index contributed by atoms with van der Waals surface area (Å²) in [5, 5.41) is 0. The molecule has 4 aliphatic rings. The summed E-state index contributed by atoms with van der Waals surface area (Å²) in [5.41, 5.74) is 0.424. The van der Waals surface area contributed by atoms with Crippen LogP contribution >= 0.6 is 0 Å². The van der Waals surface area contributed by atoms with Gasteiger partial charge in [0.25, 0.3) is 0 Å². The number of rotatable bonds is 1. The molecule has 3 atom stereocenters. The van der Waals surface area contributed by atoms with E-state index in [2.05, 4.69) is 18.6 Å². The predicted octanol–water partition coefficient (Wildman–Crippen LogP) is 2.54. The molecule has 0 aromatic rings. The molecule has 3 unspecified atom stereocenters. The Balaban J connectivity index is 1.76. The molecule has 94 valence electrons. The van der Waals surface area contributed by atoms with E-state index in [0.29, 0.717) is 30.1 Å². The van der Waals surface area contributed by atoms with Crippen molar-refractivity contribution in [1.82, 2.24) is 0 Å². The molecule has 4 rings (SSSR count). The quantitative estimate of drug-likeness (QED) is 0.519. The fourth-order valence-corrected chi connectivity index (χ4v) is 4.45. The Kier molecular flexibility index (Phi) is 2.36. The number of fused-ring (bicyclic) bond motifs is 2. The molecule has 17 heavy (non-hydrogen) atoms. The molecule has 4 fully saturated rings. The minimum Gasteiger partial charge on any atom is -0.393 e. The molecule has 0 amide bonds. The number of hydrogen-bond acceptors (Lipinski definition) is 3. The summed E-state index contributed by atoms with van der Waals surface area (Å²) < 4.78 is 4.63. The number of esters is 2. The topological polar surface area (TPSA) is 43.4 Å². The van der Waals surface area contributed by atoms with Crippen molar-refractivity contribution in [2.24, 2.45) is 29.1 Å². The van der Waals surface area contributed by atoms with Crippen LogP contribution in [0, 0.1) is 29.1 Å². The first-order valence-electron chi connectivity index (χ1n) is 6.72. The lowest BCUT2D eigenvalue weighted by Crippen LogP contribution is -2.54. The smallest absolute Gasteiger partial charge is 0.313 e. The van der Waals surface area contributed by atoms with Gasteiger partial charge in [0.1, 0.15) is 0 Å². The summed E-state index contributed by atoms with van der Waals surface area (Å²) in [7, 11) is 0. The second kappa shape index (κ2) is 3.56. The zero-order chi connectivity index (χ0) is 12.2. The largest absolute Gasteiger partial charge is 0.393 e.